The van der Waals surface area contributed by atoms with E-state index < -0.39 is 5.91 Å². The van der Waals surface area contributed by atoms with E-state index in [4.69, 9.17) is 25.8 Å². The maximum Gasteiger partial charge on any atom is 0.271 e. The molecular weight excluding hydrogens is 556 g/mol. The highest BCUT2D eigenvalue weighted by Gasteiger charge is 2.11. The molecule has 4 aromatic carbocycles. The number of ether oxygens (including phenoxy) is 3. The Morgan fingerprint density at radius 2 is 1.54 bits per heavy atom. The van der Waals surface area contributed by atoms with Crippen molar-refractivity contribution in [2.24, 2.45) is 5.10 Å². The van der Waals surface area contributed by atoms with Gasteiger partial charge in [-0.05, 0) is 59.7 Å². The minimum atomic E-state index is -0.400. The molecule has 0 spiro atoms. The molecule has 0 aromatic heterocycles. The van der Waals surface area contributed by atoms with Crippen molar-refractivity contribution in [2.75, 3.05) is 7.11 Å². The summed E-state index contributed by atoms with van der Waals surface area (Å²) in [5.74, 6) is 1.18. The molecule has 0 aliphatic heterocycles. The highest BCUT2D eigenvalue weighted by atomic mass is 79.9. The largest absolute Gasteiger partial charge is 0.493 e. The van der Waals surface area contributed by atoms with E-state index in [0.717, 1.165) is 15.6 Å². The first-order chi connectivity index (χ1) is 18.0. The van der Waals surface area contributed by atoms with Crippen LogP contribution in [0.4, 0.5) is 0 Å². The predicted molar refractivity (Wildman–Crippen MR) is 149 cm³/mol. The maximum atomic E-state index is 12.7. The zero-order valence-corrected chi connectivity index (χ0v) is 22.3. The molecule has 0 heterocycles. The molecule has 0 atom stereocenters. The van der Waals surface area contributed by atoms with Gasteiger partial charge in [0.15, 0.2) is 11.5 Å². The lowest BCUT2D eigenvalue weighted by molar-refractivity contribution is 0.0954. The SMILES string of the molecule is COc1cc(C(=O)N/N=C/c2cc(Cl)ccc2OCc2ccc(Br)cc2)ccc1OCc1ccccc1. The third-order valence-corrected chi connectivity index (χ3v) is 6.08. The Morgan fingerprint density at radius 1 is 0.865 bits per heavy atom. The molecule has 4 rings (SSSR count). The summed E-state index contributed by atoms with van der Waals surface area (Å²) < 4.78 is 18.2. The van der Waals surface area contributed by atoms with Crippen LogP contribution in [-0.4, -0.2) is 19.2 Å². The summed E-state index contributed by atoms with van der Waals surface area (Å²) in [7, 11) is 1.53. The second-order valence-corrected chi connectivity index (χ2v) is 9.29. The number of methoxy groups -OCH3 is 1. The molecule has 8 heteroatoms. The van der Waals surface area contributed by atoms with Gasteiger partial charge in [-0.2, -0.15) is 5.10 Å². The van der Waals surface area contributed by atoms with Crippen LogP contribution in [0.3, 0.4) is 0 Å². The van der Waals surface area contributed by atoms with Gasteiger partial charge >= 0.3 is 0 Å². The smallest absolute Gasteiger partial charge is 0.271 e. The van der Waals surface area contributed by atoms with Gasteiger partial charge in [0.2, 0.25) is 0 Å². The summed E-state index contributed by atoms with van der Waals surface area (Å²) in [5.41, 5.74) is 5.58. The molecule has 0 unspecified atom stereocenters. The number of hydrogen-bond donors (Lipinski definition) is 1. The zero-order chi connectivity index (χ0) is 26.0. The van der Waals surface area contributed by atoms with Gasteiger partial charge in [-0.15, -0.1) is 0 Å². The van der Waals surface area contributed by atoms with Crippen LogP contribution in [0.5, 0.6) is 17.2 Å². The van der Waals surface area contributed by atoms with Crippen molar-refractivity contribution in [3.63, 3.8) is 0 Å². The number of amides is 1. The molecule has 0 radical (unpaired) electrons. The molecule has 188 valence electrons. The molecule has 0 aliphatic carbocycles. The van der Waals surface area contributed by atoms with Crippen LogP contribution in [0.1, 0.15) is 27.0 Å². The number of benzene rings is 4. The van der Waals surface area contributed by atoms with Gasteiger partial charge in [-0.25, -0.2) is 5.43 Å². The van der Waals surface area contributed by atoms with E-state index in [2.05, 4.69) is 26.5 Å². The Kier molecular flexibility index (Phi) is 9.18. The Balaban J connectivity index is 1.39. The van der Waals surface area contributed by atoms with E-state index in [0.29, 0.717) is 46.6 Å². The van der Waals surface area contributed by atoms with Gasteiger partial charge in [0, 0.05) is 20.6 Å². The molecule has 1 amide bonds. The number of carbonyl (C=O) groups excluding carboxylic acids is 1. The van der Waals surface area contributed by atoms with Crippen LogP contribution in [-0.2, 0) is 13.2 Å². The van der Waals surface area contributed by atoms with Crippen molar-refractivity contribution in [1.29, 1.82) is 0 Å². The highest BCUT2D eigenvalue weighted by molar-refractivity contribution is 9.10. The molecule has 37 heavy (non-hydrogen) atoms. The second-order valence-electron chi connectivity index (χ2n) is 7.94. The minimum Gasteiger partial charge on any atom is -0.493 e. The van der Waals surface area contributed by atoms with E-state index in [1.807, 2.05) is 54.6 Å². The minimum absolute atomic E-state index is 0.374. The average molecular weight is 580 g/mol. The van der Waals surface area contributed by atoms with Gasteiger partial charge in [-0.3, -0.25) is 4.79 Å². The van der Waals surface area contributed by atoms with Crippen molar-refractivity contribution in [1.82, 2.24) is 5.43 Å². The van der Waals surface area contributed by atoms with Crippen LogP contribution in [0.2, 0.25) is 5.02 Å². The van der Waals surface area contributed by atoms with Gasteiger partial charge in [-0.1, -0.05) is 70.0 Å². The van der Waals surface area contributed by atoms with Crippen molar-refractivity contribution < 1.29 is 19.0 Å². The fraction of sp³-hybridized carbons (Fsp3) is 0.103. The van der Waals surface area contributed by atoms with Gasteiger partial charge in [0.05, 0.1) is 13.3 Å². The first kappa shape index (κ1) is 26.3. The normalized spacial score (nSPS) is 10.8. The summed E-state index contributed by atoms with van der Waals surface area (Å²) in [6.45, 7) is 0.763. The summed E-state index contributed by atoms with van der Waals surface area (Å²) in [4.78, 5) is 12.7. The number of carbonyl (C=O) groups is 1. The van der Waals surface area contributed by atoms with E-state index in [-0.39, 0.29) is 0 Å². The summed E-state index contributed by atoms with van der Waals surface area (Å²) in [6.07, 6.45) is 1.50. The Labute approximate surface area is 229 Å². The molecule has 6 nitrogen and oxygen atoms in total. The Morgan fingerprint density at radius 3 is 2.27 bits per heavy atom. The lowest BCUT2D eigenvalue weighted by Crippen LogP contribution is -2.17. The molecule has 0 fully saturated rings. The van der Waals surface area contributed by atoms with Gasteiger partial charge < -0.3 is 14.2 Å². The third kappa shape index (κ3) is 7.59. The number of halogens is 2. The molecule has 0 bridgehead atoms. The first-order valence-corrected chi connectivity index (χ1v) is 12.5. The molecule has 0 saturated heterocycles. The van der Waals surface area contributed by atoms with Crippen LogP contribution < -0.4 is 19.6 Å². The van der Waals surface area contributed by atoms with Crippen LogP contribution >= 0.6 is 27.5 Å². The highest BCUT2D eigenvalue weighted by Crippen LogP contribution is 2.29. The Hall–Kier alpha value is -3.81. The Bertz CT molecular complexity index is 1380. The molecular formula is C29H24BrClN2O4. The van der Waals surface area contributed by atoms with Gasteiger partial charge in [0.25, 0.3) is 5.91 Å². The number of hydrogen-bond acceptors (Lipinski definition) is 5. The average Bonchev–Trinajstić information content (AvgIpc) is 2.92. The molecule has 4 aromatic rings. The summed E-state index contributed by atoms with van der Waals surface area (Å²) in [6, 6.07) is 27.8. The number of rotatable bonds is 10. The third-order valence-electron chi connectivity index (χ3n) is 5.31. The lowest BCUT2D eigenvalue weighted by atomic mass is 10.2. The summed E-state index contributed by atoms with van der Waals surface area (Å²) in [5, 5.41) is 4.63. The topological polar surface area (TPSA) is 69.2 Å². The van der Waals surface area contributed by atoms with Gasteiger partial charge in [0.1, 0.15) is 19.0 Å². The van der Waals surface area contributed by atoms with E-state index in [1.165, 1.54) is 13.3 Å². The van der Waals surface area contributed by atoms with Crippen molar-refractivity contribution in [3.05, 3.63) is 123 Å². The second kappa shape index (κ2) is 12.9. The van der Waals surface area contributed by atoms with Crippen LogP contribution in [0.15, 0.2) is 101 Å². The molecule has 0 aliphatic rings. The van der Waals surface area contributed by atoms with E-state index in [1.54, 1.807) is 36.4 Å². The van der Waals surface area contributed by atoms with Crippen molar-refractivity contribution in [2.45, 2.75) is 13.2 Å². The van der Waals surface area contributed by atoms with Crippen LogP contribution in [0.25, 0.3) is 0 Å². The maximum absolute atomic E-state index is 12.7. The number of nitrogens with zero attached hydrogens (tertiary/aromatic N) is 1. The lowest BCUT2D eigenvalue weighted by Gasteiger charge is -2.12. The fourth-order valence-corrected chi connectivity index (χ4v) is 3.83. The van der Waals surface area contributed by atoms with E-state index in [9.17, 15) is 4.79 Å². The first-order valence-electron chi connectivity index (χ1n) is 11.4. The van der Waals surface area contributed by atoms with E-state index >= 15 is 0 Å². The number of hydrazone groups is 1. The van der Waals surface area contributed by atoms with Crippen molar-refractivity contribution in [3.8, 4) is 17.2 Å². The molecule has 1 N–H and O–H groups in total. The van der Waals surface area contributed by atoms with Crippen LogP contribution in [0, 0.1) is 0 Å². The monoisotopic (exact) mass is 578 g/mol. The number of nitrogens with one attached hydrogen (secondary N) is 1. The standard InChI is InChI=1S/C29H24BrClN2O4/c1-35-28-16-22(9-13-27(28)37-18-20-5-3-2-4-6-20)29(34)33-32-17-23-15-25(31)12-14-26(23)36-19-21-7-10-24(30)11-8-21/h2-17H,18-19H2,1H3,(H,33,34)/b32-17+. The van der Waals surface area contributed by atoms with Crippen molar-refractivity contribution >= 4 is 39.7 Å². The quantitative estimate of drug-likeness (QED) is 0.162. The summed E-state index contributed by atoms with van der Waals surface area (Å²) >= 11 is 9.59. The zero-order valence-electron chi connectivity index (χ0n) is 20.0. The fourth-order valence-electron chi connectivity index (χ4n) is 3.38. The molecule has 0 saturated carbocycles. The predicted octanol–water partition coefficient (Wildman–Crippen LogP) is 7.03.